The Morgan fingerprint density at radius 2 is 1.48 bits per heavy atom. The normalized spacial score (nSPS) is 10.9. The van der Waals surface area contributed by atoms with Gasteiger partial charge in [-0.05, 0) is 30.3 Å². The summed E-state index contributed by atoms with van der Waals surface area (Å²) >= 11 is 0. The molecule has 0 saturated carbocycles. The van der Waals surface area contributed by atoms with E-state index in [0.717, 1.165) is 30.7 Å². The summed E-state index contributed by atoms with van der Waals surface area (Å²) in [5.41, 5.74) is 0.0987. The third kappa shape index (κ3) is 4.44. The van der Waals surface area contributed by atoms with E-state index in [1.807, 2.05) is 0 Å². The first kappa shape index (κ1) is 20.4. The van der Waals surface area contributed by atoms with E-state index in [-0.39, 0.29) is 22.6 Å². The van der Waals surface area contributed by atoms with Gasteiger partial charge in [0.05, 0.1) is 49.1 Å². The Bertz CT molecular complexity index is 892. The number of nitrogens with zero attached hydrogens (tertiary/aromatic N) is 1. The predicted molar refractivity (Wildman–Crippen MR) is 97.2 cm³/mol. The third-order valence-corrected chi connectivity index (χ3v) is 5.49. The van der Waals surface area contributed by atoms with Crippen molar-refractivity contribution in [2.75, 3.05) is 31.7 Å². The highest BCUT2D eigenvalue weighted by molar-refractivity contribution is 7.92. The molecule has 9 heteroatoms. The van der Waals surface area contributed by atoms with E-state index in [1.54, 1.807) is 30.3 Å². The van der Waals surface area contributed by atoms with Crippen LogP contribution < -0.4 is 4.31 Å². The summed E-state index contributed by atoms with van der Waals surface area (Å²) in [6, 6.07) is 11.6. The van der Waals surface area contributed by atoms with E-state index >= 15 is 0 Å². The first-order valence-electron chi connectivity index (χ1n) is 7.85. The van der Waals surface area contributed by atoms with Crippen molar-refractivity contribution in [1.29, 1.82) is 0 Å². The molecule has 0 atom stereocenters. The van der Waals surface area contributed by atoms with Gasteiger partial charge in [-0.3, -0.25) is 4.31 Å². The molecule has 2 aromatic carbocycles. The van der Waals surface area contributed by atoms with Gasteiger partial charge in [-0.1, -0.05) is 18.2 Å². The molecule has 1 N–H and O–H groups in total. The molecule has 0 fully saturated rings. The summed E-state index contributed by atoms with van der Waals surface area (Å²) in [5, 5.41) is 9.32. The Hall–Kier alpha value is -2.91. The van der Waals surface area contributed by atoms with Crippen LogP contribution in [0.1, 0.15) is 20.7 Å². The smallest absolute Gasteiger partial charge is 0.337 e. The van der Waals surface area contributed by atoms with Crippen molar-refractivity contribution in [1.82, 2.24) is 0 Å². The van der Waals surface area contributed by atoms with Gasteiger partial charge in [0, 0.05) is 0 Å². The minimum Gasteiger partial charge on any atom is -0.465 e. The van der Waals surface area contributed by atoms with E-state index < -0.39 is 28.6 Å². The summed E-state index contributed by atoms with van der Waals surface area (Å²) in [6.45, 7) is -0.628. The number of ether oxygens (including phenoxy) is 2. The van der Waals surface area contributed by atoms with Crippen LogP contribution in [0, 0.1) is 0 Å². The number of sulfonamides is 1. The fourth-order valence-corrected chi connectivity index (χ4v) is 3.95. The molecule has 0 aliphatic heterocycles. The Morgan fingerprint density at radius 3 is 1.93 bits per heavy atom. The molecule has 0 spiro atoms. The maximum absolute atomic E-state index is 13.2. The molecule has 2 aromatic rings. The van der Waals surface area contributed by atoms with Crippen LogP contribution in [-0.2, 0) is 19.5 Å². The van der Waals surface area contributed by atoms with Crippen molar-refractivity contribution in [2.45, 2.75) is 4.90 Å². The highest BCUT2D eigenvalue weighted by Gasteiger charge is 2.27. The van der Waals surface area contributed by atoms with E-state index in [4.69, 9.17) is 0 Å². The summed E-state index contributed by atoms with van der Waals surface area (Å²) in [5.74, 6) is -1.60. The lowest BCUT2D eigenvalue weighted by Gasteiger charge is -2.24. The van der Waals surface area contributed by atoms with Gasteiger partial charge in [-0.2, -0.15) is 0 Å². The largest absolute Gasteiger partial charge is 0.465 e. The number of hydrogen-bond acceptors (Lipinski definition) is 7. The third-order valence-electron chi connectivity index (χ3n) is 3.68. The summed E-state index contributed by atoms with van der Waals surface area (Å²) in [6.07, 6.45) is 0. The maximum Gasteiger partial charge on any atom is 0.337 e. The lowest BCUT2D eigenvalue weighted by Crippen LogP contribution is -2.34. The molecule has 0 unspecified atom stereocenters. The molecule has 0 heterocycles. The number of carbonyl (C=O) groups is 2. The van der Waals surface area contributed by atoms with E-state index in [0.29, 0.717) is 5.69 Å². The van der Waals surface area contributed by atoms with Gasteiger partial charge in [0.15, 0.2) is 0 Å². The van der Waals surface area contributed by atoms with Gasteiger partial charge in [0.1, 0.15) is 0 Å². The minimum atomic E-state index is -4.19. The molecule has 0 aliphatic rings. The molecule has 0 saturated heterocycles. The van der Waals surface area contributed by atoms with Crippen LogP contribution in [0.2, 0.25) is 0 Å². The van der Waals surface area contributed by atoms with Crippen LogP contribution in [-0.4, -0.2) is 52.8 Å². The average molecular weight is 393 g/mol. The number of benzene rings is 2. The second-order valence-electron chi connectivity index (χ2n) is 5.37. The van der Waals surface area contributed by atoms with Gasteiger partial charge in [0.2, 0.25) is 0 Å². The molecule has 0 amide bonds. The highest BCUT2D eigenvalue weighted by Crippen LogP contribution is 2.25. The molecule has 0 aromatic heterocycles. The van der Waals surface area contributed by atoms with E-state index in [1.165, 1.54) is 6.07 Å². The lowest BCUT2D eigenvalue weighted by molar-refractivity contribution is 0.0598. The number of methoxy groups -OCH3 is 2. The zero-order valence-electron chi connectivity index (χ0n) is 14.8. The average Bonchev–Trinajstić information content (AvgIpc) is 2.70. The summed E-state index contributed by atoms with van der Waals surface area (Å²) < 4.78 is 36.6. The number of carbonyl (C=O) groups excluding carboxylic acids is 2. The van der Waals surface area contributed by atoms with Gasteiger partial charge >= 0.3 is 11.9 Å². The molecule has 2 rings (SSSR count). The van der Waals surface area contributed by atoms with Crippen molar-refractivity contribution < 1.29 is 32.6 Å². The zero-order chi connectivity index (χ0) is 20.0. The summed E-state index contributed by atoms with van der Waals surface area (Å²) in [4.78, 5) is 23.5. The van der Waals surface area contributed by atoms with Crippen molar-refractivity contribution in [3.05, 3.63) is 59.7 Å². The number of anilines is 1. The van der Waals surface area contributed by atoms with E-state index in [9.17, 15) is 23.1 Å². The maximum atomic E-state index is 13.2. The lowest BCUT2D eigenvalue weighted by atomic mass is 10.1. The Labute approximate surface area is 157 Å². The van der Waals surface area contributed by atoms with Crippen molar-refractivity contribution in [3.63, 3.8) is 0 Å². The first-order chi connectivity index (χ1) is 12.8. The Balaban J connectivity index is 2.65. The molecule has 144 valence electrons. The van der Waals surface area contributed by atoms with Gasteiger partial charge in [-0.15, -0.1) is 0 Å². The Kier molecular flexibility index (Phi) is 6.54. The number of esters is 2. The van der Waals surface area contributed by atoms with Crippen molar-refractivity contribution >= 4 is 27.6 Å². The van der Waals surface area contributed by atoms with Crippen molar-refractivity contribution in [2.24, 2.45) is 0 Å². The van der Waals surface area contributed by atoms with Crippen LogP contribution >= 0.6 is 0 Å². The fraction of sp³-hybridized carbons (Fsp3) is 0.222. The Morgan fingerprint density at radius 1 is 0.963 bits per heavy atom. The number of aliphatic hydroxyl groups excluding tert-OH is 1. The van der Waals surface area contributed by atoms with Crippen molar-refractivity contribution in [3.8, 4) is 0 Å². The molecule has 0 aliphatic carbocycles. The zero-order valence-corrected chi connectivity index (χ0v) is 15.6. The number of para-hydroxylation sites is 1. The van der Waals surface area contributed by atoms with Crippen LogP contribution in [0.25, 0.3) is 0 Å². The molecule has 27 heavy (non-hydrogen) atoms. The molecule has 8 nitrogen and oxygen atoms in total. The number of aliphatic hydroxyl groups is 1. The summed E-state index contributed by atoms with van der Waals surface area (Å²) in [7, 11) is -1.90. The van der Waals surface area contributed by atoms with Gasteiger partial charge < -0.3 is 14.6 Å². The van der Waals surface area contributed by atoms with Crippen LogP contribution in [0.3, 0.4) is 0 Å². The monoisotopic (exact) mass is 393 g/mol. The fourth-order valence-electron chi connectivity index (χ4n) is 2.42. The molecule has 0 bridgehead atoms. The van der Waals surface area contributed by atoms with Crippen LogP contribution in [0.5, 0.6) is 0 Å². The molecular formula is C18H19NO7S. The van der Waals surface area contributed by atoms with E-state index in [2.05, 4.69) is 9.47 Å². The second kappa shape index (κ2) is 8.65. The topological polar surface area (TPSA) is 110 Å². The second-order valence-corrected chi connectivity index (χ2v) is 7.23. The number of rotatable bonds is 7. The molecule has 0 radical (unpaired) electrons. The quantitative estimate of drug-likeness (QED) is 0.709. The van der Waals surface area contributed by atoms with Gasteiger partial charge in [0.25, 0.3) is 10.0 Å². The van der Waals surface area contributed by atoms with Crippen LogP contribution in [0.4, 0.5) is 5.69 Å². The minimum absolute atomic E-state index is 0.115. The standard InChI is InChI=1S/C18H19NO7S/c1-25-17(21)13-10-14(18(22)26-2)12-16(11-13)27(23,24)19(8-9-20)15-6-4-3-5-7-15/h3-7,10-12,20H,8-9H2,1-2H3. The number of hydrogen-bond donors (Lipinski definition) is 1. The highest BCUT2D eigenvalue weighted by atomic mass is 32.2. The first-order valence-corrected chi connectivity index (χ1v) is 9.29. The van der Waals surface area contributed by atoms with Crippen LogP contribution in [0.15, 0.2) is 53.4 Å². The predicted octanol–water partition coefficient (Wildman–Crippen LogP) is 1.45. The molecular weight excluding hydrogens is 374 g/mol. The van der Waals surface area contributed by atoms with Gasteiger partial charge in [-0.25, -0.2) is 18.0 Å². The SMILES string of the molecule is COC(=O)c1cc(C(=O)OC)cc(S(=O)(=O)N(CCO)c2ccccc2)c1.